The Hall–Kier alpha value is -1.87. The molecule has 1 aliphatic heterocycles. The Bertz CT molecular complexity index is 620. The molecule has 19 heavy (non-hydrogen) atoms. The van der Waals surface area contributed by atoms with E-state index in [4.69, 9.17) is 9.84 Å². The maximum absolute atomic E-state index is 9.16. The quantitative estimate of drug-likeness (QED) is 0.897. The highest BCUT2D eigenvalue weighted by atomic mass is 16.5. The van der Waals surface area contributed by atoms with Gasteiger partial charge in [0.15, 0.2) is 0 Å². The SMILES string of the molecule is CC1(C)COc2ccc(-c3cccc(CO)n3)cc21. The lowest BCUT2D eigenvalue weighted by Crippen LogP contribution is -2.18. The summed E-state index contributed by atoms with van der Waals surface area (Å²) in [5.74, 6) is 0.965. The second-order valence-corrected chi connectivity index (χ2v) is 5.56. The molecule has 3 rings (SSSR count). The third-order valence-electron chi connectivity index (χ3n) is 3.56. The second kappa shape index (κ2) is 4.35. The first kappa shape index (κ1) is 12.2. The average molecular weight is 255 g/mol. The van der Waals surface area contributed by atoms with Gasteiger partial charge >= 0.3 is 0 Å². The van der Waals surface area contributed by atoms with Crippen molar-refractivity contribution in [3.8, 4) is 17.0 Å². The lowest BCUT2D eigenvalue weighted by atomic mass is 9.86. The molecule has 0 atom stereocenters. The molecule has 0 unspecified atom stereocenters. The summed E-state index contributed by atoms with van der Waals surface area (Å²) in [6, 6.07) is 11.9. The minimum atomic E-state index is -0.0343. The van der Waals surface area contributed by atoms with E-state index in [1.807, 2.05) is 30.3 Å². The molecule has 1 N–H and O–H groups in total. The highest BCUT2D eigenvalue weighted by Gasteiger charge is 2.31. The number of ether oxygens (including phenoxy) is 1. The van der Waals surface area contributed by atoms with Crippen LogP contribution < -0.4 is 4.74 Å². The van der Waals surface area contributed by atoms with Crippen LogP contribution in [-0.4, -0.2) is 16.7 Å². The molecule has 2 aromatic rings. The zero-order valence-electron chi connectivity index (χ0n) is 11.2. The fourth-order valence-electron chi connectivity index (χ4n) is 2.41. The van der Waals surface area contributed by atoms with E-state index in [2.05, 4.69) is 24.9 Å². The molecule has 0 spiro atoms. The van der Waals surface area contributed by atoms with Crippen molar-refractivity contribution in [2.45, 2.75) is 25.9 Å². The van der Waals surface area contributed by atoms with Gasteiger partial charge in [0.1, 0.15) is 5.75 Å². The third kappa shape index (κ3) is 2.10. The Labute approximate surface area is 112 Å². The van der Waals surface area contributed by atoms with Crippen molar-refractivity contribution in [1.29, 1.82) is 0 Å². The molecule has 1 aliphatic rings. The summed E-state index contributed by atoms with van der Waals surface area (Å²) >= 11 is 0. The Morgan fingerprint density at radius 2 is 2.11 bits per heavy atom. The molecule has 98 valence electrons. The van der Waals surface area contributed by atoms with Crippen LogP contribution in [0, 0.1) is 0 Å². The van der Waals surface area contributed by atoms with Crippen LogP contribution >= 0.6 is 0 Å². The maximum Gasteiger partial charge on any atom is 0.123 e. The molecule has 0 amide bonds. The van der Waals surface area contributed by atoms with Crippen molar-refractivity contribution in [3.63, 3.8) is 0 Å². The van der Waals surface area contributed by atoms with Gasteiger partial charge in [-0.2, -0.15) is 0 Å². The van der Waals surface area contributed by atoms with Gasteiger partial charge in [-0.3, -0.25) is 4.98 Å². The van der Waals surface area contributed by atoms with Crippen molar-refractivity contribution >= 4 is 0 Å². The van der Waals surface area contributed by atoms with Gasteiger partial charge in [0.05, 0.1) is 24.6 Å². The Morgan fingerprint density at radius 3 is 2.89 bits per heavy atom. The first-order chi connectivity index (χ1) is 9.10. The number of benzene rings is 1. The fourth-order valence-corrected chi connectivity index (χ4v) is 2.41. The number of fused-ring (bicyclic) bond motifs is 1. The summed E-state index contributed by atoms with van der Waals surface area (Å²) in [7, 11) is 0. The zero-order chi connectivity index (χ0) is 13.5. The van der Waals surface area contributed by atoms with E-state index in [9.17, 15) is 0 Å². The number of aliphatic hydroxyl groups is 1. The molecule has 1 aromatic carbocycles. The van der Waals surface area contributed by atoms with Crippen molar-refractivity contribution in [3.05, 3.63) is 47.7 Å². The lowest BCUT2D eigenvalue weighted by Gasteiger charge is -2.15. The number of pyridine rings is 1. The van der Waals surface area contributed by atoms with Crippen LogP contribution in [0.4, 0.5) is 0 Å². The van der Waals surface area contributed by atoms with Gasteiger partial charge in [-0.05, 0) is 30.3 Å². The predicted octanol–water partition coefficient (Wildman–Crippen LogP) is 2.91. The monoisotopic (exact) mass is 255 g/mol. The maximum atomic E-state index is 9.16. The summed E-state index contributed by atoms with van der Waals surface area (Å²) in [6.07, 6.45) is 0. The topological polar surface area (TPSA) is 42.4 Å². The van der Waals surface area contributed by atoms with E-state index in [-0.39, 0.29) is 12.0 Å². The summed E-state index contributed by atoms with van der Waals surface area (Å²) < 4.78 is 5.69. The van der Waals surface area contributed by atoms with Gasteiger partial charge in [0.25, 0.3) is 0 Å². The smallest absolute Gasteiger partial charge is 0.123 e. The Morgan fingerprint density at radius 1 is 1.26 bits per heavy atom. The van der Waals surface area contributed by atoms with Crippen LogP contribution in [0.5, 0.6) is 5.75 Å². The standard InChI is InChI=1S/C16H17NO2/c1-16(2)10-19-15-7-6-11(8-13(15)16)14-5-3-4-12(9-18)17-14/h3-8,18H,9-10H2,1-2H3. The van der Waals surface area contributed by atoms with Gasteiger partial charge in [0, 0.05) is 16.5 Å². The number of hydrogen-bond donors (Lipinski definition) is 1. The summed E-state index contributed by atoms with van der Waals surface area (Å²) in [4.78, 5) is 4.44. The molecule has 3 heteroatoms. The normalized spacial score (nSPS) is 15.9. The summed E-state index contributed by atoms with van der Waals surface area (Å²) in [5.41, 5.74) is 3.90. The Balaban J connectivity index is 2.07. The first-order valence-corrected chi connectivity index (χ1v) is 6.45. The van der Waals surface area contributed by atoms with Gasteiger partial charge < -0.3 is 9.84 Å². The van der Waals surface area contributed by atoms with E-state index in [0.29, 0.717) is 5.69 Å². The number of rotatable bonds is 2. The van der Waals surface area contributed by atoms with Crippen molar-refractivity contribution < 1.29 is 9.84 Å². The lowest BCUT2D eigenvalue weighted by molar-refractivity contribution is 0.277. The largest absolute Gasteiger partial charge is 0.492 e. The Kier molecular flexibility index (Phi) is 2.79. The van der Waals surface area contributed by atoms with Crippen LogP contribution in [0.3, 0.4) is 0 Å². The molecule has 1 aromatic heterocycles. The highest BCUT2D eigenvalue weighted by molar-refractivity contribution is 5.64. The summed E-state index contributed by atoms with van der Waals surface area (Å²) in [5, 5.41) is 9.16. The molecule has 3 nitrogen and oxygen atoms in total. The summed E-state index contributed by atoms with van der Waals surface area (Å²) in [6.45, 7) is 5.05. The molecule has 0 saturated carbocycles. The highest BCUT2D eigenvalue weighted by Crippen LogP contribution is 2.40. The fraction of sp³-hybridized carbons (Fsp3) is 0.312. The molecule has 0 bridgehead atoms. The average Bonchev–Trinajstić information content (AvgIpc) is 2.74. The minimum absolute atomic E-state index is 0.0343. The van der Waals surface area contributed by atoms with Crippen LogP contribution in [0.1, 0.15) is 25.1 Å². The molecule has 0 fully saturated rings. The number of aliphatic hydroxyl groups excluding tert-OH is 1. The predicted molar refractivity (Wildman–Crippen MR) is 74.1 cm³/mol. The number of nitrogens with zero attached hydrogens (tertiary/aromatic N) is 1. The second-order valence-electron chi connectivity index (χ2n) is 5.56. The molecule has 0 radical (unpaired) electrons. The molecule has 0 saturated heterocycles. The van der Waals surface area contributed by atoms with Gasteiger partial charge in [-0.1, -0.05) is 19.9 Å². The minimum Gasteiger partial charge on any atom is -0.492 e. The van der Waals surface area contributed by atoms with Crippen molar-refractivity contribution in [2.24, 2.45) is 0 Å². The van der Waals surface area contributed by atoms with Gasteiger partial charge in [-0.15, -0.1) is 0 Å². The van der Waals surface area contributed by atoms with Crippen LogP contribution in [-0.2, 0) is 12.0 Å². The van der Waals surface area contributed by atoms with Crippen molar-refractivity contribution in [1.82, 2.24) is 4.98 Å². The number of aromatic nitrogens is 1. The molecule has 0 aliphatic carbocycles. The van der Waals surface area contributed by atoms with Crippen molar-refractivity contribution in [2.75, 3.05) is 6.61 Å². The van der Waals surface area contributed by atoms with E-state index in [0.717, 1.165) is 23.6 Å². The number of hydrogen-bond acceptors (Lipinski definition) is 3. The van der Waals surface area contributed by atoms with Crippen LogP contribution in [0.15, 0.2) is 36.4 Å². The van der Waals surface area contributed by atoms with Crippen LogP contribution in [0.2, 0.25) is 0 Å². The van der Waals surface area contributed by atoms with Gasteiger partial charge in [-0.25, -0.2) is 0 Å². The molecular formula is C16H17NO2. The third-order valence-corrected chi connectivity index (χ3v) is 3.56. The van der Waals surface area contributed by atoms with E-state index >= 15 is 0 Å². The van der Waals surface area contributed by atoms with Crippen LogP contribution in [0.25, 0.3) is 11.3 Å². The van der Waals surface area contributed by atoms with E-state index in [1.165, 1.54) is 5.56 Å². The van der Waals surface area contributed by atoms with E-state index < -0.39 is 0 Å². The first-order valence-electron chi connectivity index (χ1n) is 6.45. The molecule has 2 heterocycles. The van der Waals surface area contributed by atoms with E-state index in [1.54, 1.807) is 0 Å². The van der Waals surface area contributed by atoms with Gasteiger partial charge in [0.2, 0.25) is 0 Å². The molecular weight excluding hydrogens is 238 g/mol. The zero-order valence-corrected chi connectivity index (χ0v) is 11.2.